The van der Waals surface area contributed by atoms with Gasteiger partial charge in [0.1, 0.15) is 0 Å². The van der Waals surface area contributed by atoms with Gasteiger partial charge in [0, 0.05) is 19.1 Å². The molecule has 19 heavy (non-hydrogen) atoms. The molecule has 0 aliphatic carbocycles. The van der Waals surface area contributed by atoms with Crippen molar-refractivity contribution in [3.63, 3.8) is 0 Å². The lowest BCUT2D eigenvalue weighted by molar-refractivity contribution is -0.0521. The number of hydrogen-bond donors (Lipinski definition) is 3. The average molecular weight is 264 g/mol. The highest BCUT2D eigenvalue weighted by atomic mass is 16.5. The van der Waals surface area contributed by atoms with Gasteiger partial charge in [0.05, 0.1) is 24.9 Å². The van der Waals surface area contributed by atoms with Gasteiger partial charge in [0.25, 0.3) is 0 Å². The molecule has 2 atom stereocenters. The van der Waals surface area contributed by atoms with E-state index in [1.54, 1.807) is 0 Å². The monoisotopic (exact) mass is 264 g/mol. The van der Waals surface area contributed by atoms with Crippen LogP contribution in [-0.4, -0.2) is 43.0 Å². The zero-order valence-corrected chi connectivity index (χ0v) is 11.7. The smallest absolute Gasteiger partial charge is 0.0950 e. The molecule has 3 N–H and O–H groups in total. The van der Waals surface area contributed by atoms with Crippen LogP contribution in [0.1, 0.15) is 25.5 Å². The van der Waals surface area contributed by atoms with Crippen molar-refractivity contribution in [3.8, 4) is 0 Å². The number of aliphatic hydroxyl groups excluding tert-OH is 1. The molecule has 4 heteroatoms. The van der Waals surface area contributed by atoms with Crippen molar-refractivity contribution in [3.05, 3.63) is 35.9 Å². The summed E-state index contributed by atoms with van der Waals surface area (Å²) in [6.07, 6.45) is 0.0694. The Labute approximate surface area is 115 Å². The molecule has 0 saturated carbocycles. The van der Waals surface area contributed by atoms with Crippen LogP contribution in [0, 0.1) is 0 Å². The van der Waals surface area contributed by atoms with Crippen molar-refractivity contribution < 1.29 is 9.84 Å². The molecule has 1 aromatic rings. The third kappa shape index (κ3) is 3.76. The third-order valence-corrected chi connectivity index (χ3v) is 3.55. The Morgan fingerprint density at radius 1 is 1.42 bits per heavy atom. The molecule has 0 amide bonds. The Hall–Kier alpha value is -0.940. The van der Waals surface area contributed by atoms with Crippen LogP contribution in [0.25, 0.3) is 0 Å². The fraction of sp³-hybridized carbons (Fsp3) is 0.600. The van der Waals surface area contributed by atoms with Crippen LogP contribution in [0.15, 0.2) is 30.3 Å². The lowest BCUT2D eigenvalue weighted by Crippen LogP contribution is -2.63. The molecular weight excluding hydrogens is 240 g/mol. The first-order valence-corrected chi connectivity index (χ1v) is 6.91. The third-order valence-electron chi connectivity index (χ3n) is 3.55. The van der Waals surface area contributed by atoms with Crippen molar-refractivity contribution in [2.45, 2.75) is 31.5 Å². The van der Waals surface area contributed by atoms with Crippen LogP contribution in [0.5, 0.6) is 0 Å². The first kappa shape index (κ1) is 14.5. The van der Waals surface area contributed by atoms with E-state index in [-0.39, 0.29) is 18.2 Å². The van der Waals surface area contributed by atoms with Crippen molar-refractivity contribution in [2.75, 3.05) is 26.3 Å². The summed E-state index contributed by atoms with van der Waals surface area (Å²) in [6, 6.07) is 10.6. The fourth-order valence-corrected chi connectivity index (χ4v) is 2.23. The number of hydrogen-bond acceptors (Lipinski definition) is 4. The highest BCUT2D eigenvalue weighted by Gasteiger charge is 2.35. The minimum atomic E-state index is -0.366. The molecular formula is C15H24N2O2. The summed E-state index contributed by atoms with van der Waals surface area (Å²) in [7, 11) is 0. The minimum absolute atomic E-state index is 0.0694. The average Bonchev–Trinajstić information content (AvgIpc) is 2.47. The molecule has 1 aliphatic heterocycles. The molecule has 1 saturated heterocycles. The Morgan fingerprint density at radius 2 is 2.16 bits per heavy atom. The topological polar surface area (TPSA) is 53.5 Å². The summed E-state index contributed by atoms with van der Waals surface area (Å²) in [4.78, 5) is 0. The standard InChI is InChI=1S/C15H24N2O2/c1-12(2)16-9-15(10-18)11-19-14(8-17-15)13-6-4-3-5-7-13/h3-7,12,14,16-18H,8-11H2,1-2H3. The van der Waals surface area contributed by atoms with Crippen LogP contribution < -0.4 is 10.6 Å². The lowest BCUT2D eigenvalue weighted by Gasteiger charge is -2.40. The molecule has 1 fully saturated rings. The maximum absolute atomic E-state index is 9.63. The van der Waals surface area contributed by atoms with E-state index in [0.29, 0.717) is 19.2 Å². The van der Waals surface area contributed by atoms with Gasteiger partial charge in [-0.1, -0.05) is 44.2 Å². The maximum atomic E-state index is 9.63. The van der Waals surface area contributed by atoms with E-state index in [9.17, 15) is 5.11 Å². The van der Waals surface area contributed by atoms with Gasteiger partial charge < -0.3 is 20.5 Å². The number of benzene rings is 1. The van der Waals surface area contributed by atoms with Crippen molar-refractivity contribution in [2.24, 2.45) is 0 Å². The van der Waals surface area contributed by atoms with Crippen molar-refractivity contribution in [1.29, 1.82) is 0 Å². The summed E-state index contributed by atoms with van der Waals surface area (Å²) in [5, 5.41) is 16.4. The quantitative estimate of drug-likeness (QED) is 0.745. The van der Waals surface area contributed by atoms with E-state index in [1.165, 1.54) is 5.56 Å². The second-order valence-electron chi connectivity index (χ2n) is 5.57. The van der Waals surface area contributed by atoms with Crippen molar-refractivity contribution >= 4 is 0 Å². The molecule has 1 aromatic carbocycles. The van der Waals surface area contributed by atoms with Gasteiger partial charge >= 0.3 is 0 Å². The van der Waals surface area contributed by atoms with Gasteiger partial charge in [-0.15, -0.1) is 0 Å². The molecule has 0 aromatic heterocycles. The summed E-state index contributed by atoms with van der Waals surface area (Å²) in [5.74, 6) is 0. The fourth-order valence-electron chi connectivity index (χ4n) is 2.23. The molecule has 0 bridgehead atoms. The summed E-state index contributed by atoms with van der Waals surface area (Å²) >= 11 is 0. The van der Waals surface area contributed by atoms with E-state index in [0.717, 1.165) is 6.54 Å². The summed E-state index contributed by atoms with van der Waals surface area (Å²) < 4.78 is 5.94. The lowest BCUT2D eigenvalue weighted by atomic mass is 9.97. The van der Waals surface area contributed by atoms with Crippen molar-refractivity contribution in [1.82, 2.24) is 10.6 Å². The molecule has 0 spiro atoms. The number of aliphatic hydroxyl groups is 1. The second kappa shape index (κ2) is 6.48. The van der Waals surface area contributed by atoms with Gasteiger partial charge in [0.15, 0.2) is 0 Å². The molecule has 1 heterocycles. The number of morpholine rings is 1. The van der Waals surface area contributed by atoms with Gasteiger partial charge in [-0.2, -0.15) is 0 Å². The Morgan fingerprint density at radius 3 is 2.68 bits per heavy atom. The molecule has 2 unspecified atom stereocenters. The van der Waals surface area contributed by atoms with E-state index in [2.05, 4.69) is 36.6 Å². The highest BCUT2D eigenvalue weighted by molar-refractivity contribution is 5.19. The van der Waals surface area contributed by atoms with Crippen LogP contribution in [0.4, 0.5) is 0 Å². The van der Waals surface area contributed by atoms with Gasteiger partial charge in [-0.25, -0.2) is 0 Å². The zero-order chi connectivity index (χ0) is 13.7. The van der Waals surface area contributed by atoms with Crippen LogP contribution in [0.2, 0.25) is 0 Å². The summed E-state index contributed by atoms with van der Waals surface area (Å²) in [5.41, 5.74) is 0.814. The highest BCUT2D eigenvalue weighted by Crippen LogP contribution is 2.23. The SMILES string of the molecule is CC(C)NCC1(CO)COC(c2ccccc2)CN1. The first-order valence-electron chi connectivity index (χ1n) is 6.91. The molecule has 2 rings (SSSR count). The Kier molecular flexibility index (Phi) is 4.93. The molecule has 4 nitrogen and oxygen atoms in total. The van der Waals surface area contributed by atoms with Crippen LogP contribution in [0.3, 0.4) is 0 Å². The number of rotatable bonds is 5. The maximum Gasteiger partial charge on any atom is 0.0950 e. The van der Waals surface area contributed by atoms with E-state index < -0.39 is 0 Å². The van der Waals surface area contributed by atoms with Crippen LogP contribution >= 0.6 is 0 Å². The molecule has 0 radical (unpaired) electrons. The van der Waals surface area contributed by atoms with E-state index in [4.69, 9.17) is 4.74 Å². The largest absolute Gasteiger partial charge is 0.394 e. The molecule has 106 valence electrons. The number of nitrogens with one attached hydrogen (secondary N) is 2. The van der Waals surface area contributed by atoms with Gasteiger partial charge in [-0.05, 0) is 5.56 Å². The zero-order valence-electron chi connectivity index (χ0n) is 11.7. The van der Waals surface area contributed by atoms with Crippen LogP contribution in [-0.2, 0) is 4.74 Å². The Balaban J connectivity index is 1.93. The van der Waals surface area contributed by atoms with E-state index in [1.807, 2.05) is 18.2 Å². The number of ether oxygens (including phenoxy) is 1. The predicted molar refractivity (Wildman–Crippen MR) is 76.1 cm³/mol. The predicted octanol–water partition coefficient (Wildman–Crippen LogP) is 1.08. The summed E-state index contributed by atoms with van der Waals surface area (Å²) in [6.45, 7) is 6.23. The first-order chi connectivity index (χ1) is 9.15. The van der Waals surface area contributed by atoms with Gasteiger partial charge in [-0.3, -0.25) is 0 Å². The van der Waals surface area contributed by atoms with Gasteiger partial charge in [0.2, 0.25) is 0 Å². The normalized spacial score (nSPS) is 27.7. The Bertz CT molecular complexity index is 373. The second-order valence-corrected chi connectivity index (χ2v) is 5.57. The van der Waals surface area contributed by atoms with E-state index >= 15 is 0 Å². The minimum Gasteiger partial charge on any atom is -0.394 e. The molecule has 1 aliphatic rings.